The van der Waals surface area contributed by atoms with Gasteiger partial charge in [0, 0.05) is 6.54 Å². The van der Waals surface area contributed by atoms with Crippen molar-refractivity contribution in [1.29, 1.82) is 0 Å². The molecule has 1 rings (SSSR count). The lowest BCUT2D eigenvalue weighted by Gasteiger charge is -2.44. The molecule has 1 N–H and O–H groups in total. The summed E-state index contributed by atoms with van der Waals surface area (Å²) in [6, 6.07) is 0. The fourth-order valence-corrected chi connectivity index (χ4v) is 3.13. The van der Waals surface area contributed by atoms with Gasteiger partial charge in [0.2, 0.25) is 0 Å². The molecule has 90 valence electrons. The van der Waals surface area contributed by atoms with Gasteiger partial charge in [-0.05, 0) is 55.9 Å². The maximum atomic E-state index is 3.38. The minimum Gasteiger partial charge on any atom is -0.319 e. The van der Waals surface area contributed by atoms with Gasteiger partial charge in [-0.1, -0.05) is 27.7 Å². The van der Waals surface area contributed by atoms with Gasteiger partial charge in [-0.2, -0.15) is 0 Å². The second-order valence-corrected chi connectivity index (χ2v) is 6.52. The van der Waals surface area contributed by atoms with E-state index in [0.29, 0.717) is 10.8 Å². The minimum atomic E-state index is 0.513. The van der Waals surface area contributed by atoms with E-state index in [9.17, 15) is 0 Å². The molecule has 1 saturated carbocycles. The van der Waals surface area contributed by atoms with Crippen LogP contribution in [0.1, 0.15) is 59.8 Å². The lowest BCUT2D eigenvalue weighted by Crippen LogP contribution is -2.38. The van der Waals surface area contributed by atoms with E-state index >= 15 is 0 Å². The largest absolute Gasteiger partial charge is 0.319 e. The summed E-state index contributed by atoms with van der Waals surface area (Å²) in [6.45, 7) is 10.8. The lowest BCUT2D eigenvalue weighted by atomic mass is 9.63. The van der Waals surface area contributed by atoms with Crippen LogP contribution in [-0.2, 0) is 0 Å². The first-order valence-corrected chi connectivity index (χ1v) is 6.58. The summed E-state index contributed by atoms with van der Waals surface area (Å²) in [6.07, 6.45) is 7.04. The molecule has 0 aromatic rings. The van der Waals surface area contributed by atoms with Gasteiger partial charge in [0.15, 0.2) is 0 Å². The molecule has 15 heavy (non-hydrogen) atoms. The van der Waals surface area contributed by atoms with Crippen LogP contribution in [0.5, 0.6) is 0 Å². The Hall–Kier alpha value is -0.0400. The number of hydrogen-bond acceptors (Lipinski definition) is 1. The predicted molar refractivity (Wildman–Crippen MR) is 68.1 cm³/mol. The van der Waals surface area contributed by atoms with Gasteiger partial charge in [0.1, 0.15) is 0 Å². The Morgan fingerprint density at radius 3 is 2.07 bits per heavy atom. The first-order valence-electron chi connectivity index (χ1n) is 6.58. The lowest BCUT2D eigenvalue weighted by molar-refractivity contribution is 0.0848. The molecule has 0 heterocycles. The predicted octanol–water partition coefficient (Wildman–Crippen LogP) is 3.84. The van der Waals surface area contributed by atoms with Crippen molar-refractivity contribution in [3.63, 3.8) is 0 Å². The highest BCUT2D eigenvalue weighted by Gasteiger charge is 2.36. The molecule has 1 heteroatoms. The third-order valence-corrected chi connectivity index (χ3v) is 4.57. The molecule has 1 fully saturated rings. The van der Waals surface area contributed by atoms with Crippen molar-refractivity contribution in [1.82, 2.24) is 5.32 Å². The maximum Gasteiger partial charge on any atom is 0.000470 e. The molecule has 0 saturated heterocycles. The van der Waals surface area contributed by atoms with Gasteiger partial charge in [-0.3, -0.25) is 0 Å². The first kappa shape index (κ1) is 13.0. The Morgan fingerprint density at radius 1 is 1.20 bits per heavy atom. The summed E-state index contributed by atoms with van der Waals surface area (Å²) in [5, 5.41) is 3.38. The normalized spacial score (nSPS) is 33.0. The molecular formula is C14H29N. The number of hydrogen-bond donors (Lipinski definition) is 1. The summed E-state index contributed by atoms with van der Waals surface area (Å²) in [5.74, 6) is 0.939. The monoisotopic (exact) mass is 211 g/mol. The Kier molecular flexibility index (Phi) is 4.22. The fraction of sp³-hybridized carbons (Fsp3) is 1.00. The van der Waals surface area contributed by atoms with Crippen LogP contribution in [0.25, 0.3) is 0 Å². The quantitative estimate of drug-likeness (QED) is 0.748. The Labute approximate surface area is 96.0 Å². The van der Waals surface area contributed by atoms with Gasteiger partial charge in [-0.25, -0.2) is 0 Å². The maximum absolute atomic E-state index is 3.38. The van der Waals surface area contributed by atoms with Crippen LogP contribution in [0.3, 0.4) is 0 Å². The number of rotatable bonds is 3. The van der Waals surface area contributed by atoms with E-state index in [0.717, 1.165) is 5.92 Å². The van der Waals surface area contributed by atoms with Crippen molar-refractivity contribution in [3.8, 4) is 0 Å². The highest BCUT2D eigenvalue weighted by Crippen LogP contribution is 2.46. The first-order chi connectivity index (χ1) is 6.93. The van der Waals surface area contributed by atoms with E-state index in [1.54, 1.807) is 0 Å². The smallest absolute Gasteiger partial charge is 0.000470 e. The highest BCUT2D eigenvalue weighted by atomic mass is 14.8. The van der Waals surface area contributed by atoms with Crippen molar-refractivity contribution in [2.75, 3.05) is 13.6 Å². The Morgan fingerprint density at radius 2 is 1.73 bits per heavy atom. The summed E-state index contributed by atoms with van der Waals surface area (Å²) < 4.78 is 0. The third-order valence-electron chi connectivity index (χ3n) is 4.57. The molecule has 0 unspecified atom stereocenters. The summed E-state index contributed by atoms with van der Waals surface area (Å²) in [7, 11) is 2.09. The molecule has 1 nitrogen and oxygen atoms in total. The van der Waals surface area contributed by atoms with Crippen LogP contribution in [0.15, 0.2) is 0 Å². The highest BCUT2D eigenvalue weighted by molar-refractivity contribution is 4.89. The van der Waals surface area contributed by atoms with Gasteiger partial charge < -0.3 is 5.32 Å². The van der Waals surface area contributed by atoms with Crippen molar-refractivity contribution < 1.29 is 0 Å². The second kappa shape index (κ2) is 4.86. The third kappa shape index (κ3) is 3.21. The average Bonchev–Trinajstić information content (AvgIpc) is 2.17. The van der Waals surface area contributed by atoms with Crippen LogP contribution < -0.4 is 5.32 Å². The SMILES string of the molecule is CCC1(CNC)CCC(C(C)(C)C)CC1. The van der Waals surface area contributed by atoms with E-state index in [2.05, 4.69) is 40.1 Å². The average molecular weight is 211 g/mol. The van der Waals surface area contributed by atoms with Crippen LogP contribution in [-0.4, -0.2) is 13.6 Å². The minimum absolute atomic E-state index is 0.513. The second-order valence-electron chi connectivity index (χ2n) is 6.52. The molecule has 1 aliphatic rings. The van der Waals surface area contributed by atoms with Crippen molar-refractivity contribution in [3.05, 3.63) is 0 Å². The number of nitrogens with one attached hydrogen (secondary N) is 1. The molecule has 0 atom stereocenters. The summed E-state index contributed by atoms with van der Waals surface area (Å²) >= 11 is 0. The Bertz CT molecular complexity index is 182. The van der Waals surface area contributed by atoms with Gasteiger partial charge in [0.25, 0.3) is 0 Å². The van der Waals surface area contributed by atoms with Crippen LogP contribution in [0.4, 0.5) is 0 Å². The van der Waals surface area contributed by atoms with Crippen molar-refractivity contribution in [2.24, 2.45) is 16.7 Å². The Balaban J connectivity index is 2.53. The van der Waals surface area contributed by atoms with E-state index < -0.39 is 0 Å². The van der Waals surface area contributed by atoms with E-state index in [1.807, 2.05) is 0 Å². The summed E-state index contributed by atoms with van der Waals surface area (Å²) in [5.41, 5.74) is 1.12. The van der Waals surface area contributed by atoms with Crippen molar-refractivity contribution >= 4 is 0 Å². The molecule has 0 aliphatic heterocycles. The van der Waals surface area contributed by atoms with Crippen molar-refractivity contribution in [2.45, 2.75) is 59.8 Å². The summed E-state index contributed by atoms with van der Waals surface area (Å²) in [4.78, 5) is 0. The van der Waals surface area contributed by atoms with E-state index in [-0.39, 0.29) is 0 Å². The van der Waals surface area contributed by atoms with E-state index in [4.69, 9.17) is 0 Å². The zero-order chi connectivity index (χ0) is 11.5. The fourth-order valence-electron chi connectivity index (χ4n) is 3.13. The van der Waals surface area contributed by atoms with E-state index in [1.165, 1.54) is 38.6 Å². The molecular weight excluding hydrogens is 182 g/mol. The van der Waals surface area contributed by atoms with Gasteiger partial charge in [-0.15, -0.1) is 0 Å². The molecule has 0 bridgehead atoms. The molecule has 1 aliphatic carbocycles. The zero-order valence-corrected chi connectivity index (χ0v) is 11.3. The molecule has 0 aromatic carbocycles. The molecule has 0 spiro atoms. The zero-order valence-electron chi connectivity index (χ0n) is 11.3. The topological polar surface area (TPSA) is 12.0 Å². The van der Waals surface area contributed by atoms with Gasteiger partial charge >= 0.3 is 0 Å². The van der Waals surface area contributed by atoms with Crippen LogP contribution in [0.2, 0.25) is 0 Å². The van der Waals surface area contributed by atoms with Crippen LogP contribution in [0, 0.1) is 16.7 Å². The molecule has 0 amide bonds. The molecule has 0 radical (unpaired) electrons. The van der Waals surface area contributed by atoms with Crippen LogP contribution >= 0.6 is 0 Å². The molecule has 0 aromatic heterocycles. The standard InChI is InChI=1S/C14H29N/c1-6-14(11-15-5)9-7-12(8-10-14)13(2,3)4/h12,15H,6-11H2,1-5H3. The van der Waals surface area contributed by atoms with Gasteiger partial charge in [0.05, 0.1) is 0 Å².